The Morgan fingerprint density at radius 2 is 1.69 bits per heavy atom. The molecule has 0 saturated heterocycles. The van der Waals surface area contributed by atoms with Gasteiger partial charge in [0.25, 0.3) is 5.91 Å². The molecule has 0 unspecified atom stereocenters. The molecular formula is C27H25F4NO4. The number of alkyl halides is 3. The van der Waals surface area contributed by atoms with Crippen molar-refractivity contribution in [2.45, 2.75) is 38.9 Å². The second-order valence-electron chi connectivity index (χ2n) is 7.98. The highest BCUT2D eigenvalue weighted by Crippen LogP contribution is 2.30. The molecule has 3 aromatic rings. The topological polar surface area (TPSA) is 64.6 Å². The predicted octanol–water partition coefficient (Wildman–Crippen LogP) is 6.23. The molecule has 0 saturated carbocycles. The fraction of sp³-hybridized carbons (Fsp3) is 0.259. The van der Waals surface area contributed by atoms with Crippen LogP contribution >= 0.6 is 0 Å². The van der Waals surface area contributed by atoms with Crippen molar-refractivity contribution in [1.29, 1.82) is 0 Å². The molecule has 0 spiro atoms. The number of benzene rings is 3. The summed E-state index contributed by atoms with van der Waals surface area (Å²) < 4.78 is 62.8. The van der Waals surface area contributed by atoms with Gasteiger partial charge in [0.2, 0.25) is 0 Å². The predicted molar refractivity (Wildman–Crippen MR) is 125 cm³/mol. The standard InChI is InChI=1S/C27H25F4NO4/c1-3-18-14-22(10-7-19(18)8-12-25(33)35-2)36-21-6-4-5-17(13-21)16-32-26(34)23-11-9-20(15-24(23)28)27(29,30)31/h4-7,9-11,13-15H,3,8,12,16H2,1-2H3,(H,32,34). The zero-order chi connectivity index (χ0) is 26.3. The van der Waals surface area contributed by atoms with Crippen LogP contribution < -0.4 is 10.1 Å². The van der Waals surface area contributed by atoms with Gasteiger partial charge in [-0.05, 0) is 72.0 Å². The van der Waals surface area contributed by atoms with E-state index in [4.69, 9.17) is 9.47 Å². The van der Waals surface area contributed by atoms with Crippen LogP contribution in [0.2, 0.25) is 0 Å². The van der Waals surface area contributed by atoms with E-state index in [0.717, 1.165) is 23.6 Å². The minimum absolute atomic E-state index is 0.0170. The third-order valence-electron chi connectivity index (χ3n) is 5.51. The average Bonchev–Trinajstić information content (AvgIpc) is 2.85. The molecule has 1 N–H and O–H groups in total. The highest BCUT2D eigenvalue weighted by molar-refractivity contribution is 5.94. The van der Waals surface area contributed by atoms with Gasteiger partial charge in [0.15, 0.2) is 0 Å². The average molecular weight is 503 g/mol. The number of halogens is 4. The summed E-state index contributed by atoms with van der Waals surface area (Å²) in [5, 5.41) is 2.51. The van der Waals surface area contributed by atoms with Crippen molar-refractivity contribution >= 4 is 11.9 Å². The first-order chi connectivity index (χ1) is 17.1. The second-order valence-corrected chi connectivity index (χ2v) is 7.98. The van der Waals surface area contributed by atoms with Crippen LogP contribution in [0.25, 0.3) is 0 Å². The van der Waals surface area contributed by atoms with Crippen LogP contribution in [-0.4, -0.2) is 19.0 Å². The second kappa shape index (κ2) is 11.7. The van der Waals surface area contributed by atoms with Gasteiger partial charge in [-0.2, -0.15) is 13.2 Å². The van der Waals surface area contributed by atoms with Crippen molar-refractivity contribution in [3.63, 3.8) is 0 Å². The Hall–Kier alpha value is -3.88. The van der Waals surface area contributed by atoms with Crippen molar-refractivity contribution in [3.05, 3.63) is 94.3 Å². The summed E-state index contributed by atoms with van der Waals surface area (Å²) in [5.74, 6) is -1.25. The van der Waals surface area contributed by atoms with E-state index in [0.29, 0.717) is 35.6 Å². The maximum atomic E-state index is 14.1. The number of methoxy groups -OCH3 is 1. The maximum Gasteiger partial charge on any atom is 0.416 e. The van der Waals surface area contributed by atoms with Crippen molar-refractivity contribution in [2.24, 2.45) is 0 Å². The van der Waals surface area contributed by atoms with Crippen molar-refractivity contribution < 1.29 is 36.6 Å². The number of hydrogen-bond donors (Lipinski definition) is 1. The number of amides is 1. The third kappa shape index (κ3) is 7.07. The van der Waals surface area contributed by atoms with E-state index in [9.17, 15) is 27.2 Å². The van der Waals surface area contributed by atoms with E-state index in [1.807, 2.05) is 19.1 Å². The van der Waals surface area contributed by atoms with E-state index in [1.54, 1.807) is 30.3 Å². The molecule has 0 fully saturated rings. The van der Waals surface area contributed by atoms with Gasteiger partial charge in [-0.1, -0.05) is 25.1 Å². The Morgan fingerprint density at radius 3 is 2.36 bits per heavy atom. The SMILES string of the molecule is CCc1cc(Oc2cccc(CNC(=O)c3ccc(C(F)(F)F)cc3F)c2)ccc1CCC(=O)OC. The van der Waals surface area contributed by atoms with Crippen LogP contribution in [0.5, 0.6) is 11.5 Å². The molecule has 0 bridgehead atoms. The number of aryl methyl sites for hydroxylation is 2. The normalized spacial score (nSPS) is 11.2. The highest BCUT2D eigenvalue weighted by atomic mass is 19.4. The molecule has 190 valence electrons. The van der Waals surface area contributed by atoms with Gasteiger partial charge in [0.1, 0.15) is 17.3 Å². The molecule has 1 amide bonds. The number of carbonyl (C=O) groups excluding carboxylic acids is 2. The van der Waals surface area contributed by atoms with E-state index in [-0.39, 0.29) is 18.9 Å². The Balaban J connectivity index is 1.65. The van der Waals surface area contributed by atoms with Crippen LogP contribution in [0.4, 0.5) is 17.6 Å². The quantitative estimate of drug-likeness (QED) is 0.278. The summed E-state index contributed by atoms with van der Waals surface area (Å²) in [6, 6.07) is 14.3. The largest absolute Gasteiger partial charge is 0.469 e. The van der Waals surface area contributed by atoms with Gasteiger partial charge >= 0.3 is 12.1 Å². The fourth-order valence-corrected chi connectivity index (χ4v) is 3.59. The van der Waals surface area contributed by atoms with Gasteiger partial charge in [-0.3, -0.25) is 9.59 Å². The zero-order valence-corrected chi connectivity index (χ0v) is 19.7. The Morgan fingerprint density at radius 1 is 0.944 bits per heavy atom. The molecular weight excluding hydrogens is 478 g/mol. The first kappa shape index (κ1) is 26.7. The molecule has 0 atom stereocenters. The first-order valence-corrected chi connectivity index (χ1v) is 11.2. The monoisotopic (exact) mass is 503 g/mol. The number of carbonyl (C=O) groups is 2. The van der Waals surface area contributed by atoms with Gasteiger partial charge in [-0.25, -0.2) is 4.39 Å². The highest BCUT2D eigenvalue weighted by Gasteiger charge is 2.31. The minimum Gasteiger partial charge on any atom is -0.469 e. The summed E-state index contributed by atoms with van der Waals surface area (Å²) in [7, 11) is 1.35. The van der Waals surface area contributed by atoms with E-state index in [1.165, 1.54) is 7.11 Å². The summed E-state index contributed by atoms with van der Waals surface area (Å²) >= 11 is 0. The Kier molecular flexibility index (Phi) is 8.68. The first-order valence-electron chi connectivity index (χ1n) is 11.2. The van der Waals surface area contributed by atoms with Crippen molar-refractivity contribution in [2.75, 3.05) is 7.11 Å². The molecule has 0 heterocycles. The molecule has 0 radical (unpaired) electrons. The van der Waals surface area contributed by atoms with E-state index >= 15 is 0 Å². The lowest BCUT2D eigenvalue weighted by Crippen LogP contribution is -2.24. The molecule has 0 aliphatic heterocycles. The van der Waals surface area contributed by atoms with Crippen LogP contribution in [0.3, 0.4) is 0 Å². The van der Waals surface area contributed by atoms with Crippen LogP contribution in [0.1, 0.15) is 46.0 Å². The lowest BCUT2D eigenvalue weighted by molar-refractivity contribution is -0.140. The van der Waals surface area contributed by atoms with Gasteiger partial charge in [0.05, 0.1) is 18.2 Å². The van der Waals surface area contributed by atoms with Crippen LogP contribution in [0.15, 0.2) is 60.7 Å². The number of hydrogen-bond acceptors (Lipinski definition) is 4. The van der Waals surface area contributed by atoms with Crippen molar-refractivity contribution in [1.82, 2.24) is 5.32 Å². The van der Waals surface area contributed by atoms with Crippen molar-refractivity contribution in [3.8, 4) is 11.5 Å². The number of rotatable bonds is 9. The third-order valence-corrected chi connectivity index (χ3v) is 5.51. The minimum atomic E-state index is -4.70. The Bertz CT molecular complexity index is 1240. The van der Waals surface area contributed by atoms with Crippen LogP contribution in [0, 0.1) is 5.82 Å². The van der Waals surface area contributed by atoms with Crippen LogP contribution in [-0.2, 0) is 35.1 Å². The lowest BCUT2D eigenvalue weighted by atomic mass is 10.0. The molecule has 0 aliphatic carbocycles. The van der Waals surface area contributed by atoms with Gasteiger partial charge in [0, 0.05) is 13.0 Å². The number of ether oxygens (including phenoxy) is 2. The molecule has 0 aromatic heterocycles. The van der Waals surface area contributed by atoms with E-state index < -0.39 is 29.0 Å². The van der Waals surface area contributed by atoms with Gasteiger partial charge < -0.3 is 14.8 Å². The van der Waals surface area contributed by atoms with E-state index in [2.05, 4.69) is 5.32 Å². The molecule has 3 aromatic carbocycles. The summed E-state index contributed by atoms with van der Waals surface area (Å²) in [4.78, 5) is 23.7. The summed E-state index contributed by atoms with van der Waals surface area (Å²) in [6.45, 7) is 2.02. The lowest BCUT2D eigenvalue weighted by Gasteiger charge is -2.13. The molecule has 3 rings (SSSR count). The fourth-order valence-electron chi connectivity index (χ4n) is 3.59. The summed E-state index contributed by atoms with van der Waals surface area (Å²) in [6.07, 6.45) is -3.10. The molecule has 5 nitrogen and oxygen atoms in total. The number of esters is 1. The zero-order valence-electron chi connectivity index (χ0n) is 19.7. The summed E-state index contributed by atoms with van der Waals surface area (Å²) in [5.41, 5.74) is 1.08. The van der Waals surface area contributed by atoms with Gasteiger partial charge in [-0.15, -0.1) is 0 Å². The number of nitrogens with one attached hydrogen (secondary N) is 1. The Labute approximate surface area is 206 Å². The smallest absolute Gasteiger partial charge is 0.416 e. The molecule has 0 aliphatic rings. The molecule has 36 heavy (non-hydrogen) atoms. The maximum absolute atomic E-state index is 14.1. The molecule has 9 heteroatoms.